The van der Waals surface area contributed by atoms with Gasteiger partial charge < -0.3 is 14.7 Å². The summed E-state index contributed by atoms with van der Waals surface area (Å²) >= 11 is 2.20. The van der Waals surface area contributed by atoms with Gasteiger partial charge in [0.05, 0.1) is 5.92 Å². The number of hydrogen-bond acceptors (Lipinski definition) is 3. The van der Waals surface area contributed by atoms with E-state index in [4.69, 9.17) is 4.74 Å². The van der Waals surface area contributed by atoms with Crippen molar-refractivity contribution in [3.05, 3.63) is 33.4 Å². The fourth-order valence-corrected chi connectivity index (χ4v) is 3.41. The van der Waals surface area contributed by atoms with Gasteiger partial charge >= 0.3 is 12.1 Å². The standard InChI is InChI=1S/C16H20INO4/c1-16(2,3)22-15(21)18-8-11(12(9-18)14(19)20)10-6-4-5-7-13(10)17/h4-7,11-12H,8-9H2,1-3H3,(H,19,20). The number of carboxylic acid groups (broad SMARTS) is 1. The lowest BCUT2D eigenvalue weighted by Gasteiger charge is -2.24. The van der Waals surface area contributed by atoms with E-state index in [2.05, 4.69) is 22.6 Å². The zero-order valence-electron chi connectivity index (χ0n) is 12.9. The molecule has 0 bridgehead atoms. The van der Waals surface area contributed by atoms with E-state index in [9.17, 15) is 14.7 Å². The molecular weight excluding hydrogens is 397 g/mol. The third kappa shape index (κ3) is 3.91. The second kappa shape index (κ2) is 6.44. The van der Waals surface area contributed by atoms with Crippen molar-refractivity contribution in [2.45, 2.75) is 32.3 Å². The summed E-state index contributed by atoms with van der Waals surface area (Å²) in [6.07, 6.45) is -0.452. The van der Waals surface area contributed by atoms with Crippen molar-refractivity contribution in [1.82, 2.24) is 4.90 Å². The molecule has 0 saturated carbocycles. The summed E-state index contributed by atoms with van der Waals surface area (Å²) in [5, 5.41) is 9.49. The second-order valence-electron chi connectivity index (χ2n) is 6.46. The number of amides is 1. The topological polar surface area (TPSA) is 66.8 Å². The average Bonchev–Trinajstić information content (AvgIpc) is 2.82. The molecule has 22 heavy (non-hydrogen) atoms. The van der Waals surface area contributed by atoms with Crippen LogP contribution < -0.4 is 0 Å². The SMILES string of the molecule is CC(C)(C)OC(=O)N1CC(C(=O)O)C(c2ccccc2I)C1. The van der Waals surface area contributed by atoms with E-state index in [-0.39, 0.29) is 12.5 Å². The summed E-state index contributed by atoms with van der Waals surface area (Å²) in [6.45, 7) is 5.94. The molecule has 1 aliphatic rings. The maximum Gasteiger partial charge on any atom is 0.410 e. The van der Waals surface area contributed by atoms with Gasteiger partial charge in [0.1, 0.15) is 5.60 Å². The number of carboxylic acids is 1. The van der Waals surface area contributed by atoms with Gasteiger partial charge in [-0.2, -0.15) is 0 Å². The molecule has 1 fully saturated rings. The zero-order chi connectivity index (χ0) is 16.5. The van der Waals surface area contributed by atoms with E-state index in [1.165, 1.54) is 4.90 Å². The third-order valence-electron chi connectivity index (χ3n) is 3.59. The number of aliphatic carboxylic acids is 1. The van der Waals surface area contributed by atoms with E-state index < -0.39 is 23.6 Å². The van der Waals surface area contributed by atoms with Gasteiger partial charge in [0.2, 0.25) is 0 Å². The predicted octanol–water partition coefficient (Wildman–Crippen LogP) is 3.33. The first-order valence-electron chi connectivity index (χ1n) is 7.14. The minimum absolute atomic E-state index is 0.180. The lowest BCUT2D eigenvalue weighted by atomic mass is 9.89. The molecule has 1 aliphatic heterocycles. The van der Waals surface area contributed by atoms with Gasteiger partial charge in [-0.05, 0) is 55.0 Å². The summed E-state index contributed by atoms with van der Waals surface area (Å²) in [5.74, 6) is -1.70. The highest BCUT2D eigenvalue weighted by molar-refractivity contribution is 14.1. The Hall–Kier alpha value is -1.31. The van der Waals surface area contributed by atoms with Gasteiger partial charge in [-0.25, -0.2) is 4.79 Å². The van der Waals surface area contributed by atoms with Gasteiger partial charge in [-0.1, -0.05) is 18.2 Å². The molecule has 1 heterocycles. The van der Waals surface area contributed by atoms with E-state index >= 15 is 0 Å². The van der Waals surface area contributed by atoms with Crippen LogP contribution >= 0.6 is 22.6 Å². The molecule has 1 N–H and O–H groups in total. The molecule has 0 aromatic heterocycles. The Labute approximate surface area is 143 Å². The Morgan fingerprint density at radius 2 is 1.91 bits per heavy atom. The van der Waals surface area contributed by atoms with Crippen molar-refractivity contribution in [3.63, 3.8) is 0 Å². The van der Waals surface area contributed by atoms with Crippen LogP contribution in [0.25, 0.3) is 0 Å². The Bertz CT molecular complexity index is 582. The van der Waals surface area contributed by atoms with Gasteiger partial charge in [0.15, 0.2) is 0 Å². The quantitative estimate of drug-likeness (QED) is 0.750. The number of carbonyl (C=O) groups is 2. The highest BCUT2D eigenvalue weighted by Gasteiger charge is 2.42. The molecule has 1 aromatic rings. The molecule has 2 unspecified atom stereocenters. The van der Waals surface area contributed by atoms with Gasteiger partial charge in [-0.15, -0.1) is 0 Å². The lowest BCUT2D eigenvalue weighted by Crippen LogP contribution is -2.35. The largest absolute Gasteiger partial charge is 0.481 e. The Kier molecular flexibility index (Phi) is 4.99. The smallest absolute Gasteiger partial charge is 0.410 e. The molecule has 5 nitrogen and oxygen atoms in total. The van der Waals surface area contributed by atoms with E-state index in [0.29, 0.717) is 6.54 Å². The van der Waals surface area contributed by atoms with Crippen molar-refractivity contribution in [1.29, 1.82) is 0 Å². The summed E-state index contributed by atoms with van der Waals surface area (Å²) in [4.78, 5) is 25.3. The van der Waals surface area contributed by atoms with E-state index in [1.54, 1.807) is 20.8 Å². The van der Waals surface area contributed by atoms with Crippen molar-refractivity contribution < 1.29 is 19.4 Å². The molecule has 2 atom stereocenters. The number of carbonyl (C=O) groups excluding carboxylic acids is 1. The first kappa shape index (κ1) is 17.1. The van der Waals surface area contributed by atoms with Crippen molar-refractivity contribution >= 4 is 34.7 Å². The molecule has 1 saturated heterocycles. The maximum atomic E-state index is 12.2. The minimum atomic E-state index is -0.879. The highest BCUT2D eigenvalue weighted by atomic mass is 127. The maximum absolute atomic E-state index is 12.2. The Balaban J connectivity index is 2.22. The summed E-state index contributed by atoms with van der Waals surface area (Å²) in [7, 11) is 0. The van der Waals surface area contributed by atoms with Gasteiger partial charge in [0, 0.05) is 22.6 Å². The Morgan fingerprint density at radius 3 is 2.45 bits per heavy atom. The van der Waals surface area contributed by atoms with Crippen LogP contribution in [-0.4, -0.2) is 40.8 Å². The predicted molar refractivity (Wildman–Crippen MR) is 90.8 cm³/mol. The van der Waals surface area contributed by atoms with Crippen LogP contribution in [0.1, 0.15) is 32.3 Å². The minimum Gasteiger partial charge on any atom is -0.481 e. The molecular formula is C16H20INO4. The molecule has 120 valence electrons. The summed E-state index contributed by atoms with van der Waals surface area (Å²) < 4.78 is 6.37. The number of hydrogen-bond donors (Lipinski definition) is 1. The molecule has 0 spiro atoms. The van der Waals surface area contributed by atoms with Crippen LogP contribution in [-0.2, 0) is 9.53 Å². The molecule has 0 radical (unpaired) electrons. The van der Waals surface area contributed by atoms with Crippen LogP contribution in [0.2, 0.25) is 0 Å². The fourth-order valence-electron chi connectivity index (χ4n) is 2.62. The van der Waals surface area contributed by atoms with Crippen LogP contribution in [0.4, 0.5) is 4.79 Å². The number of likely N-dealkylation sites (tertiary alicyclic amines) is 1. The fraction of sp³-hybridized carbons (Fsp3) is 0.500. The molecule has 1 amide bonds. The van der Waals surface area contributed by atoms with Crippen LogP contribution in [0.15, 0.2) is 24.3 Å². The number of rotatable bonds is 2. The lowest BCUT2D eigenvalue weighted by molar-refractivity contribution is -0.141. The number of nitrogens with zero attached hydrogens (tertiary/aromatic N) is 1. The van der Waals surface area contributed by atoms with Crippen LogP contribution in [0.5, 0.6) is 0 Å². The van der Waals surface area contributed by atoms with Gasteiger partial charge in [0.25, 0.3) is 0 Å². The van der Waals surface area contributed by atoms with Gasteiger partial charge in [-0.3, -0.25) is 4.79 Å². The normalized spacial score (nSPS) is 21.7. The average molecular weight is 417 g/mol. The summed E-state index contributed by atoms with van der Waals surface area (Å²) in [6, 6.07) is 7.69. The molecule has 1 aromatic carbocycles. The Morgan fingerprint density at radius 1 is 1.27 bits per heavy atom. The monoisotopic (exact) mass is 417 g/mol. The third-order valence-corrected chi connectivity index (χ3v) is 4.58. The molecule has 2 rings (SSSR count). The van der Waals surface area contributed by atoms with Crippen molar-refractivity contribution in [3.8, 4) is 0 Å². The summed E-state index contributed by atoms with van der Waals surface area (Å²) in [5.41, 5.74) is 0.385. The first-order chi connectivity index (χ1) is 10.2. The first-order valence-corrected chi connectivity index (χ1v) is 8.22. The van der Waals surface area contributed by atoms with Crippen molar-refractivity contribution in [2.75, 3.05) is 13.1 Å². The number of benzene rings is 1. The number of halogens is 1. The molecule has 0 aliphatic carbocycles. The van der Waals surface area contributed by atoms with E-state index in [1.807, 2.05) is 24.3 Å². The second-order valence-corrected chi connectivity index (χ2v) is 7.62. The van der Waals surface area contributed by atoms with Crippen LogP contribution in [0.3, 0.4) is 0 Å². The zero-order valence-corrected chi connectivity index (χ0v) is 15.0. The highest BCUT2D eigenvalue weighted by Crippen LogP contribution is 2.35. The number of ether oxygens (including phenoxy) is 1. The van der Waals surface area contributed by atoms with Crippen LogP contribution in [0, 0.1) is 9.49 Å². The molecule has 6 heteroatoms. The van der Waals surface area contributed by atoms with E-state index in [0.717, 1.165) is 9.13 Å². The van der Waals surface area contributed by atoms with Crippen molar-refractivity contribution in [2.24, 2.45) is 5.92 Å².